The number of carbonyl (C=O) groups is 1. The molecule has 0 radical (unpaired) electrons. The molecule has 0 saturated carbocycles. The molecule has 0 aliphatic carbocycles. The number of carbonyl (C=O) groups excluding carboxylic acids is 1. The Hall–Kier alpha value is -2.11. The van der Waals surface area contributed by atoms with E-state index in [1.807, 2.05) is 32.0 Å². The summed E-state index contributed by atoms with van der Waals surface area (Å²) in [6, 6.07) is 11.9. The number of ether oxygens (including phenoxy) is 1. The van der Waals surface area contributed by atoms with Crippen molar-refractivity contribution in [1.82, 2.24) is 15.2 Å². The summed E-state index contributed by atoms with van der Waals surface area (Å²) in [4.78, 5) is 18.6. The van der Waals surface area contributed by atoms with E-state index in [1.165, 1.54) is 11.8 Å². The van der Waals surface area contributed by atoms with Crippen molar-refractivity contribution in [3.63, 3.8) is 0 Å². The third-order valence-corrected chi connectivity index (χ3v) is 3.99. The van der Waals surface area contributed by atoms with E-state index in [0.717, 1.165) is 19.5 Å². The predicted octanol–water partition coefficient (Wildman–Crippen LogP) is 3.77. The maximum absolute atomic E-state index is 12.2. The van der Waals surface area contributed by atoms with Gasteiger partial charge < -0.3 is 15.0 Å². The van der Waals surface area contributed by atoms with Crippen LogP contribution in [0.3, 0.4) is 0 Å². The van der Waals surface area contributed by atoms with Crippen LogP contribution in [0.15, 0.2) is 42.6 Å². The average Bonchev–Trinajstić information content (AvgIpc) is 2.61. The van der Waals surface area contributed by atoms with E-state index in [-0.39, 0.29) is 12.0 Å². The van der Waals surface area contributed by atoms with Gasteiger partial charge in [-0.2, -0.15) is 0 Å². The normalized spacial score (nSPS) is 11.0. The standard InChI is InChI=1S/C20H26ClN3O2/c1-15(2)26-20-18(21)12-17(13-23-20)19(25)22-10-7-11-24(3)14-16-8-5-4-6-9-16/h4-6,8-9,12-13,15H,7,10-11,14H2,1-3H3,(H,22,25). The fourth-order valence-electron chi connectivity index (χ4n) is 2.49. The van der Waals surface area contributed by atoms with Crippen LogP contribution in [-0.2, 0) is 6.54 Å². The van der Waals surface area contributed by atoms with Crippen molar-refractivity contribution in [3.05, 3.63) is 58.7 Å². The van der Waals surface area contributed by atoms with Gasteiger partial charge in [-0.3, -0.25) is 4.79 Å². The molecule has 26 heavy (non-hydrogen) atoms. The van der Waals surface area contributed by atoms with Gasteiger partial charge >= 0.3 is 0 Å². The Morgan fingerprint density at radius 1 is 1.31 bits per heavy atom. The molecule has 140 valence electrons. The van der Waals surface area contributed by atoms with Crippen LogP contribution in [0, 0.1) is 0 Å². The first-order valence-electron chi connectivity index (χ1n) is 8.78. The van der Waals surface area contributed by atoms with Crippen molar-refractivity contribution in [2.24, 2.45) is 0 Å². The lowest BCUT2D eigenvalue weighted by molar-refractivity contribution is 0.0951. The van der Waals surface area contributed by atoms with Gasteiger partial charge in [-0.1, -0.05) is 41.9 Å². The Bertz CT molecular complexity index is 707. The predicted molar refractivity (Wildman–Crippen MR) is 105 cm³/mol. The van der Waals surface area contributed by atoms with Gasteiger partial charge in [0, 0.05) is 19.3 Å². The number of aromatic nitrogens is 1. The van der Waals surface area contributed by atoms with Gasteiger partial charge in [0.2, 0.25) is 5.88 Å². The summed E-state index contributed by atoms with van der Waals surface area (Å²) in [5.41, 5.74) is 1.72. The second kappa shape index (κ2) is 10.1. The molecule has 0 saturated heterocycles. The van der Waals surface area contributed by atoms with Crippen LogP contribution in [-0.4, -0.2) is 42.0 Å². The fourth-order valence-corrected chi connectivity index (χ4v) is 2.70. The van der Waals surface area contributed by atoms with Crippen molar-refractivity contribution >= 4 is 17.5 Å². The minimum Gasteiger partial charge on any atom is -0.474 e. The van der Waals surface area contributed by atoms with Gasteiger partial charge in [-0.15, -0.1) is 0 Å². The van der Waals surface area contributed by atoms with Gasteiger partial charge in [0.1, 0.15) is 5.02 Å². The summed E-state index contributed by atoms with van der Waals surface area (Å²) < 4.78 is 5.47. The highest BCUT2D eigenvalue weighted by Crippen LogP contribution is 2.23. The van der Waals surface area contributed by atoms with Crippen LogP contribution < -0.4 is 10.1 Å². The number of halogens is 1. The molecule has 0 fully saturated rings. The van der Waals surface area contributed by atoms with Crippen LogP contribution in [0.25, 0.3) is 0 Å². The summed E-state index contributed by atoms with van der Waals surface area (Å²) in [6.45, 7) is 6.18. The molecule has 0 bridgehead atoms. The summed E-state index contributed by atoms with van der Waals surface area (Å²) >= 11 is 6.12. The molecule has 0 spiro atoms. The fraction of sp³-hybridized carbons (Fsp3) is 0.400. The Kier molecular flexibility index (Phi) is 7.88. The van der Waals surface area contributed by atoms with E-state index in [1.54, 1.807) is 6.07 Å². The molecule has 1 heterocycles. The molecule has 2 rings (SSSR count). The lowest BCUT2D eigenvalue weighted by Gasteiger charge is -2.16. The molecule has 1 amide bonds. The molecule has 0 aliphatic heterocycles. The highest BCUT2D eigenvalue weighted by atomic mass is 35.5. The van der Waals surface area contributed by atoms with Crippen molar-refractivity contribution < 1.29 is 9.53 Å². The highest BCUT2D eigenvalue weighted by molar-refractivity contribution is 6.32. The first-order chi connectivity index (χ1) is 12.5. The molecule has 0 aliphatic rings. The Morgan fingerprint density at radius 2 is 2.04 bits per heavy atom. The maximum Gasteiger partial charge on any atom is 0.252 e. The van der Waals surface area contributed by atoms with Crippen molar-refractivity contribution in [3.8, 4) is 5.88 Å². The average molecular weight is 376 g/mol. The van der Waals surface area contributed by atoms with Crippen molar-refractivity contribution in [1.29, 1.82) is 0 Å². The maximum atomic E-state index is 12.2. The lowest BCUT2D eigenvalue weighted by atomic mass is 10.2. The molecular weight excluding hydrogens is 350 g/mol. The molecule has 1 N–H and O–H groups in total. The number of nitrogens with one attached hydrogen (secondary N) is 1. The largest absolute Gasteiger partial charge is 0.474 e. The number of hydrogen-bond donors (Lipinski definition) is 1. The van der Waals surface area contributed by atoms with Crippen LogP contribution in [0.1, 0.15) is 36.2 Å². The summed E-state index contributed by atoms with van der Waals surface area (Å²) in [5.74, 6) is 0.168. The minimum absolute atomic E-state index is 0.0208. The summed E-state index contributed by atoms with van der Waals surface area (Å²) in [6.07, 6.45) is 2.33. The zero-order chi connectivity index (χ0) is 18.9. The van der Waals surface area contributed by atoms with Gasteiger partial charge in [0.25, 0.3) is 5.91 Å². The van der Waals surface area contributed by atoms with Crippen LogP contribution in [0.4, 0.5) is 0 Å². The number of rotatable bonds is 9. The zero-order valence-electron chi connectivity index (χ0n) is 15.5. The number of benzene rings is 1. The van der Waals surface area contributed by atoms with E-state index >= 15 is 0 Å². The monoisotopic (exact) mass is 375 g/mol. The first-order valence-corrected chi connectivity index (χ1v) is 9.16. The van der Waals surface area contributed by atoms with Gasteiger partial charge in [0.15, 0.2) is 0 Å². The summed E-state index contributed by atoms with van der Waals surface area (Å²) in [7, 11) is 2.08. The molecule has 0 unspecified atom stereocenters. The molecule has 2 aromatic rings. The summed E-state index contributed by atoms with van der Waals surface area (Å²) in [5, 5.41) is 3.24. The third kappa shape index (κ3) is 6.65. The molecule has 6 heteroatoms. The number of hydrogen-bond acceptors (Lipinski definition) is 4. The van der Waals surface area contributed by atoms with E-state index < -0.39 is 0 Å². The van der Waals surface area contributed by atoms with E-state index in [2.05, 4.69) is 34.4 Å². The van der Waals surface area contributed by atoms with Crippen LogP contribution in [0.2, 0.25) is 5.02 Å². The van der Waals surface area contributed by atoms with Crippen LogP contribution >= 0.6 is 11.6 Å². The quantitative estimate of drug-likeness (QED) is 0.678. The lowest BCUT2D eigenvalue weighted by Crippen LogP contribution is -2.28. The second-order valence-corrected chi connectivity index (χ2v) is 6.92. The van der Waals surface area contributed by atoms with E-state index in [4.69, 9.17) is 16.3 Å². The second-order valence-electron chi connectivity index (χ2n) is 6.51. The van der Waals surface area contributed by atoms with Crippen LogP contribution in [0.5, 0.6) is 5.88 Å². The number of nitrogens with zero attached hydrogens (tertiary/aromatic N) is 2. The first kappa shape index (κ1) is 20.2. The Morgan fingerprint density at radius 3 is 2.69 bits per heavy atom. The molecule has 1 aromatic heterocycles. The molecular formula is C20H26ClN3O2. The molecule has 5 nitrogen and oxygen atoms in total. The van der Waals surface area contributed by atoms with E-state index in [0.29, 0.717) is 23.0 Å². The highest BCUT2D eigenvalue weighted by Gasteiger charge is 2.11. The third-order valence-electron chi connectivity index (χ3n) is 3.71. The van der Waals surface area contributed by atoms with E-state index in [9.17, 15) is 4.79 Å². The van der Waals surface area contributed by atoms with Crippen molar-refractivity contribution in [2.45, 2.75) is 32.9 Å². The van der Waals surface area contributed by atoms with Crippen molar-refractivity contribution in [2.75, 3.05) is 20.1 Å². The SMILES string of the molecule is CC(C)Oc1ncc(C(=O)NCCCN(C)Cc2ccccc2)cc1Cl. The number of amides is 1. The Balaban J connectivity index is 1.74. The smallest absolute Gasteiger partial charge is 0.252 e. The number of pyridine rings is 1. The molecule has 1 aromatic carbocycles. The van der Waals surface area contributed by atoms with Gasteiger partial charge in [-0.05, 0) is 45.5 Å². The zero-order valence-corrected chi connectivity index (χ0v) is 16.3. The minimum atomic E-state index is -0.179. The van der Waals surface area contributed by atoms with Gasteiger partial charge in [0.05, 0.1) is 11.7 Å². The molecule has 0 atom stereocenters. The topological polar surface area (TPSA) is 54.5 Å². The Labute approximate surface area is 160 Å². The van der Waals surface area contributed by atoms with Gasteiger partial charge in [-0.25, -0.2) is 4.98 Å².